The molecule has 1 unspecified atom stereocenters. The van der Waals surface area contributed by atoms with Crippen molar-refractivity contribution in [2.45, 2.75) is 12.5 Å². The number of anilines is 1. The molecule has 0 aliphatic rings. The molecule has 0 fully saturated rings. The molecule has 0 bridgehead atoms. The number of aliphatic hydroxyl groups is 1. The third-order valence-electron chi connectivity index (χ3n) is 3.54. The molecule has 0 aromatic heterocycles. The molecule has 0 amide bonds. The molecule has 0 radical (unpaired) electrons. The standard InChI is InChI=1S/C18H17BrClNO4/c19-13-6-4-11(5-7-13)18(25)15-3-1-2-12(8-16(23)24)17(15)21-10-14(22)9-20/h1-7,14,21-22H,8-10H2,(H,23,24). The first kappa shape index (κ1) is 19.4. The lowest BCUT2D eigenvalue weighted by Gasteiger charge is -2.17. The Kier molecular flexibility index (Phi) is 6.99. The third kappa shape index (κ3) is 5.29. The molecular formula is C18H17BrClNO4. The Morgan fingerprint density at radius 2 is 1.84 bits per heavy atom. The van der Waals surface area contributed by atoms with Gasteiger partial charge in [-0.3, -0.25) is 9.59 Å². The Hall–Kier alpha value is -1.89. The van der Waals surface area contributed by atoms with Crippen LogP contribution in [0.25, 0.3) is 0 Å². The molecular weight excluding hydrogens is 410 g/mol. The van der Waals surface area contributed by atoms with Crippen LogP contribution in [0.15, 0.2) is 46.9 Å². The van der Waals surface area contributed by atoms with Gasteiger partial charge < -0.3 is 15.5 Å². The summed E-state index contributed by atoms with van der Waals surface area (Å²) < 4.78 is 0.854. The summed E-state index contributed by atoms with van der Waals surface area (Å²) in [5.74, 6) is -1.21. The molecule has 1 atom stereocenters. The van der Waals surface area contributed by atoms with E-state index in [4.69, 9.17) is 16.7 Å². The molecule has 2 aromatic carbocycles. The molecule has 0 saturated carbocycles. The van der Waals surface area contributed by atoms with E-state index in [1.54, 1.807) is 42.5 Å². The van der Waals surface area contributed by atoms with Crippen LogP contribution in [0, 0.1) is 0 Å². The number of aliphatic carboxylic acids is 1. The zero-order chi connectivity index (χ0) is 18.4. The number of hydrogen-bond donors (Lipinski definition) is 3. The van der Waals surface area contributed by atoms with Crippen molar-refractivity contribution < 1.29 is 19.8 Å². The Morgan fingerprint density at radius 1 is 1.16 bits per heavy atom. The molecule has 0 heterocycles. The maximum atomic E-state index is 12.8. The van der Waals surface area contributed by atoms with E-state index < -0.39 is 12.1 Å². The van der Waals surface area contributed by atoms with Gasteiger partial charge in [0.05, 0.1) is 18.4 Å². The highest BCUT2D eigenvalue weighted by molar-refractivity contribution is 9.10. The zero-order valence-electron chi connectivity index (χ0n) is 13.2. The van der Waals surface area contributed by atoms with Gasteiger partial charge in [0.25, 0.3) is 0 Å². The number of carbonyl (C=O) groups excluding carboxylic acids is 1. The molecule has 0 spiro atoms. The van der Waals surface area contributed by atoms with Crippen molar-refractivity contribution >= 4 is 45.0 Å². The average molecular weight is 427 g/mol. The van der Waals surface area contributed by atoms with Crippen LogP contribution in [0.2, 0.25) is 0 Å². The summed E-state index contributed by atoms with van der Waals surface area (Å²) in [4.78, 5) is 24.0. The summed E-state index contributed by atoms with van der Waals surface area (Å²) in [5.41, 5.74) is 1.71. The van der Waals surface area contributed by atoms with Crippen LogP contribution in [0.5, 0.6) is 0 Å². The van der Waals surface area contributed by atoms with Crippen LogP contribution in [0.1, 0.15) is 21.5 Å². The predicted molar refractivity (Wildman–Crippen MR) is 101 cm³/mol. The Balaban J connectivity index is 2.42. The van der Waals surface area contributed by atoms with Crippen molar-refractivity contribution in [1.82, 2.24) is 0 Å². The number of carboxylic acids is 1. The van der Waals surface area contributed by atoms with Gasteiger partial charge in [-0.05, 0) is 35.9 Å². The van der Waals surface area contributed by atoms with Gasteiger partial charge in [-0.2, -0.15) is 0 Å². The fourth-order valence-corrected chi connectivity index (χ4v) is 2.71. The highest BCUT2D eigenvalue weighted by atomic mass is 79.9. The summed E-state index contributed by atoms with van der Waals surface area (Å²) in [7, 11) is 0. The number of nitrogens with one attached hydrogen (secondary N) is 1. The molecule has 3 N–H and O–H groups in total. The lowest BCUT2D eigenvalue weighted by atomic mass is 9.97. The lowest BCUT2D eigenvalue weighted by Crippen LogP contribution is -2.23. The molecule has 2 rings (SSSR count). The van der Waals surface area contributed by atoms with Gasteiger partial charge in [0.15, 0.2) is 5.78 Å². The number of hydrogen-bond acceptors (Lipinski definition) is 4. The van der Waals surface area contributed by atoms with Gasteiger partial charge in [-0.1, -0.05) is 28.1 Å². The number of rotatable bonds is 8. The van der Waals surface area contributed by atoms with E-state index >= 15 is 0 Å². The SMILES string of the molecule is O=C(O)Cc1cccc(C(=O)c2ccc(Br)cc2)c1NCC(O)CCl. The molecule has 25 heavy (non-hydrogen) atoms. The van der Waals surface area contributed by atoms with Crippen LogP contribution in [0.4, 0.5) is 5.69 Å². The largest absolute Gasteiger partial charge is 0.481 e. The first-order valence-corrected chi connectivity index (χ1v) is 8.87. The van der Waals surface area contributed by atoms with E-state index in [-0.39, 0.29) is 24.6 Å². The Labute approximate surface area is 158 Å². The number of halogens is 2. The van der Waals surface area contributed by atoms with E-state index in [9.17, 15) is 14.7 Å². The topological polar surface area (TPSA) is 86.6 Å². The second-order valence-corrected chi connectivity index (χ2v) is 6.66. The smallest absolute Gasteiger partial charge is 0.307 e. The van der Waals surface area contributed by atoms with E-state index in [2.05, 4.69) is 21.2 Å². The van der Waals surface area contributed by atoms with Crippen LogP contribution in [-0.2, 0) is 11.2 Å². The average Bonchev–Trinajstić information content (AvgIpc) is 2.59. The number of para-hydroxylation sites is 1. The van der Waals surface area contributed by atoms with Crippen LogP contribution in [-0.4, -0.2) is 40.5 Å². The maximum Gasteiger partial charge on any atom is 0.307 e. The monoisotopic (exact) mass is 425 g/mol. The normalized spacial score (nSPS) is 11.8. The summed E-state index contributed by atoms with van der Waals surface area (Å²) in [6.07, 6.45) is -1.05. The van der Waals surface area contributed by atoms with E-state index in [0.717, 1.165) is 4.47 Å². The number of ketones is 1. The summed E-state index contributed by atoms with van der Waals surface area (Å²) in [6.45, 7) is 0.112. The van der Waals surface area contributed by atoms with Crippen molar-refractivity contribution in [3.05, 3.63) is 63.6 Å². The fraction of sp³-hybridized carbons (Fsp3) is 0.222. The quantitative estimate of drug-likeness (QED) is 0.445. The minimum absolute atomic E-state index is 0.0318. The first-order valence-electron chi connectivity index (χ1n) is 7.54. The molecule has 7 heteroatoms. The van der Waals surface area contributed by atoms with E-state index in [0.29, 0.717) is 22.4 Å². The second-order valence-electron chi connectivity index (χ2n) is 5.44. The van der Waals surface area contributed by atoms with Crippen LogP contribution < -0.4 is 5.32 Å². The minimum Gasteiger partial charge on any atom is -0.481 e. The molecule has 5 nitrogen and oxygen atoms in total. The van der Waals surface area contributed by atoms with E-state index in [1.165, 1.54) is 0 Å². The molecule has 0 aliphatic carbocycles. The maximum absolute atomic E-state index is 12.8. The highest BCUT2D eigenvalue weighted by Gasteiger charge is 2.18. The highest BCUT2D eigenvalue weighted by Crippen LogP contribution is 2.25. The second kappa shape index (κ2) is 8.99. The fourth-order valence-electron chi connectivity index (χ4n) is 2.34. The zero-order valence-corrected chi connectivity index (χ0v) is 15.5. The van der Waals surface area contributed by atoms with Gasteiger partial charge in [-0.15, -0.1) is 11.6 Å². The minimum atomic E-state index is -1.01. The summed E-state index contributed by atoms with van der Waals surface area (Å²) in [5, 5.41) is 21.7. The summed E-state index contributed by atoms with van der Waals surface area (Å²) in [6, 6.07) is 11.8. The van der Waals surface area contributed by atoms with E-state index in [1.807, 2.05) is 0 Å². The Bertz CT molecular complexity index is 764. The van der Waals surface area contributed by atoms with Gasteiger partial charge in [0, 0.05) is 27.8 Å². The van der Waals surface area contributed by atoms with Crippen molar-refractivity contribution in [3.8, 4) is 0 Å². The molecule has 0 aliphatic heterocycles. The van der Waals surface area contributed by atoms with Crippen LogP contribution in [0.3, 0.4) is 0 Å². The summed E-state index contributed by atoms with van der Waals surface area (Å²) >= 11 is 8.92. The third-order valence-corrected chi connectivity index (χ3v) is 4.42. The van der Waals surface area contributed by atoms with Crippen molar-refractivity contribution in [1.29, 1.82) is 0 Å². The molecule has 0 saturated heterocycles. The van der Waals surface area contributed by atoms with Gasteiger partial charge >= 0.3 is 5.97 Å². The predicted octanol–water partition coefficient (Wildman–Crippen LogP) is 3.32. The van der Waals surface area contributed by atoms with Crippen molar-refractivity contribution in [2.24, 2.45) is 0 Å². The van der Waals surface area contributed by atoms with Crippen molar-refractivity contribution in [2.75, 3.05) is 17.7 Å². The molecule has 2 aromatic rings. The molecule has 132 valence electrons. The number of carbonyl (C=O) groups is 2. The van der Waals surface area contributed by atoms with Gasteiger partial charge in [-0.25, -0.2) is 0 Å². The van der Waals surface area contributed by atoms with Gasteiger partial charge in [0.1, 0.15) is 0 Å². The number of benzene rings is 2. The van der Waals surface area contributed by atoms with Gasteiger partial charge in [0.2, 0.25) is 0 Å². The number of aliphatic hydroxyl groups excluding tert-OH is 1. The van der Waals surface area contributed by atoms with Crippen molar-refractivity contribution in [3.63, 3.8) is 0 Å². The van der Waals surface area contributed by atoms with Crippen LogP contribution >= 0.6 is 27.5 Å². The number of alkyl halides is 1. The number of carboxylic acid groups (broad SMARTS) is 1. The Morgan fingerprint density at radius 3 is 2.44 bits per heavy atom. The lowest BCUT2D eigenvalue weighted by molar-refractivity contribution is -0.136. The first-order chi connectivity index (χ1) is 11.9.